The van der Waals surface area contributed by atoms with Crippen LogP contribution in [0.4, 0.5) is 5.82 Å². The highest BCUT2D eigenvalue weighted by atomic mass is 16.5. The van der Waals surface area contributed by atoms with Crippen LogP contribution in [0.15, 0.2) is 17.2 Å². The van der Waals surface area contributed by atoms with Crippen molar-refractivity contribution < 1.29 is 4.74 Å². The molecule has 0 atom stereocenters. The molecule has 1 saturated heterocycles. The molecule has 1 aliphatic heterocycles. The molecule has 6 nitrogen and oxygen atoms in total. The summed E-state index contributed by atoms with van der Waals surface area (Å²) in [6.07, 6.45) is 6.51. The molecule has 0 aliphatic carbocycles. The third-order valence-electron chi connectivity index (χ3n) is 3.57. The summed E-state index contributed by atoms with van der Waals surface area (Å²) in [5.74, 6) is 0.568. The maximum Gasteiger partial charge on any atom is 0.293 e. The minimum Gasteiger partial charge on any atom is -0.377 e. The Morgan fingerprint density at radius 1 is 1.45 bits per heavy atom. The van der Waals surface area contributed by atoms with E-state index in [9.17, 15) is 4.79 Å². The van der Waals surface area contributed by atoms with Crippen molar-refractivity contribution in [3.05, 3.63) is 22.7 Å². The van der Waals surface area contributed by atoms with Crippen LogP contribution in [0.2, 0.25) is 0 Å². The third kappa shape index (κ3) is 3.58. The Morgan fingerprint density at radius 2 is 2.20 bits per heavy atom. The molecule has 0 radical (unpaired) electrons. The Labute approximate surface area is 119 Å². The van der Waals surface area contributed by atoms with Crippen molar-refractivity contribution in [2.45, 2.75) is 38.8 Å². The van der Waals surface area contributed by atoms with E-state index in [0.29, 0.717) is 19.0 Å². The third-order valence-corrected chi connectivity index (χ3v) is 3.57. The van der Waals surface area contributed by atoms with Gasteiger partial charge in [-0.25, -0.2) is 4.98 Å². The number of anilines is 1. The number of hydrogen-bond donors (Lipinski definition) is 1. The van der Waals surface area contributed by atoms with Gasteiger partial charge in [-0.05, 0) is 19.3 Å². The second-order valence-corrected chi connectivity index (χ2v) is 5.10. The molecule has 0 saturated carbocycles. The lowest BCUT2D eigenvalue weighted by molar-refractivity contribution is 0.0420. The van der Waals surface area contributed by atoms with E-state index in [1.165, 1.54) is 0 Å². The molecule has 112 valence electrons. The van der Waals surface area contributed by atoms with Crippen molar-refractivity contribution in [1.29, 1.82) is 0 Å². The van der Waals surface area contributed by atoms with Gasteiger partial charge in [0.15, 0.2) is 5.82 Å². The van der Waals surface area contributed by atoms with Crippen molar-refractivity contribution >= 4 is 5.82 Å². The minimum atomic E-state index is 0.00989. The van der Waals surface area contributed by atoms with Crippen LogP contribution in [0, 0.1) is 0 Å². The van der Waals surface area contributed by atoms with E-state index in [1.54, 1.807) is 17.0 Å². The van der Waals surface area contributed by atoms with Crippen LogP contribution in [-0.2, 0) is 11.3 Å². The summed E-state index contributed by atoms with van der Waals surface area (Å²) in [7, 11) is 0. The average molecular weight is 280 g/mol. The first-order valence-corrected chi connectivity index (χ1v) is 7.38. The summed E-state index contributed by atoms with van der Waals surface area (Å²) in [6, 6.07) is 0. The van der Waals surface area contributed by atoms with Crippen LogP contribution in [0.5, 0.6) is 0 Å². The van der Waals surface area contributed by atoms with Gasteiger partial charge in [-0.15, -0.1) is 0 Å². The second-order valence-electron chi connectivity index (χ2n) is 5.10. The Hall–Kier alpha value is -1.40. The zero-order chi connectivity index (χ0) is 14.4. The predicted octanol–water partition coefficient (Wildman–Crippen LogP) is 0.597. The molecule has 1 aliphatic rings. The summed E-state index contributed by atoms with van der Waals surface area (Å²) in [5.41, 5.74) is 5.45. The Morgan fingerprint density at radius 3 is 2.85 bits per heavy atom. The van der Waals surface area contributed by atoms with Crippen molar-refractivity contribution in [3.63, 3.8) is 0 Å². The molecule has 0 unspecified atom stereocenters. The molecule has 0 amide bonds. The van der Waals surface area contributed by atoms with E-state index in [2.05, 4.69) is 16.8 Å². The van der Waals surface area contributed by atoms with Crippen molar-refractivity contribution in [1.82, 2.24) is 9.55 Å². The first kappa shape index (κ1) is 15.0. The summed E-state index contributed by atoms with van der Waals surface area (Å²) in [6.45, 7) is 5.60. The normalized spacial score (nSPS) is 16.6. The van der Waals surface area contributed by atoms with E-state index in [-0.39, 0.29) is 11.7 Å². The molecule has 2 heterocycles. The van der Waals surface area contributed by atoms with Gasteiger partial charge in [0.25, 0.3) is 5.56 Å². The van der Waals surface area contributed by atoms with E-state index < -0.39 is 0 Å². The quantitative estimate of drug-likeness (QED) is 0.826. The van der Waals surface area contributed by atoms with Gasteiger partial charge in [-0.2, -0.15) is 0 Å². The molecular weight excluding hydrogens is 256 g/mol. The van der Waals surface area contributed by atoms with Crippen molar-refractivity contribution in [2.24, 2.45) is 5.73 Å². The maximum atomic E-state index is 12.3. The first-order chi connectivity index (χ1) is 9.76. The van der Waals surface area contributed by atoms with Crippen molar-refractivity contribution in [2.75, 3.05) is 31.1 Å². The Balaban J connectivity index is 2.00. The number of aromatic nitrogens is 2. The van der Waals surface area contributed by atoms with Gasteiger partial charge in [0, 0.05) is 38.6 Å². The number of hydrogen-bond acceptors (Lipinski definition) is 5. The lowest BCUT2D eigenvalue weighted by atomic mass is 10.1. The standard InChI is InChI=1S/C14H24N4O2/c1-2-7-18-10-6-16-13(14(18)19)17-8-3-12(4-9-17)20-11-5-15/h6,10,12H,2-5,7-9,11,15H2,1H3. The molecule has 6 heteroatoms. The van der Waals surface area contributed by atoms with E-state index in [0.717, 1.165) is 38.9 Å². The second kappa shape index (κ2) is 7.40. The highest BCUT2D eigenvalue weighted by Crippen LogP contribution is 2.16. The van der Waals surface area contributed by atoms with Crippen LogP contribution in [0.25, 0.3) is 0 Å². The maximum absolute atomic E-state index is 12.3. The average Bonchev–Trinajstić information content (AvgIpc) is 2.48. The van der Waals surface area contributed by atoms with Gasteiger partial charge >= 0.3 is 0 Å². The summed E-state index contributed by atoms with van der Waals surface area (Å²) in [4.78, 5) is 18.7. The molecule has 1 fully saturated rings. The molecule has 1 aromatic heterocycles. The molecule has 0 spiro atoms. The van der Waals surface area contributed by atoms with Gasteiger partial charge < -0.3 is 19.9 Å². The largest absolute Gasteiger partial charge is 0.377 e. The fourth-order valence-corrected chi connectivity index (χ4v) is 2.54. The fourth-order valence-electron chi connectivity index (χ4n) is 2.54. The van der Waals surface area contributed by atoms with Crippen LogP contribution in [-0.4, -0.2) is 41.9 Å². The van der Waals surface area contributed by atoms with E-state index >= 15 is 0 Å². The van der Waals surface area contributed by atoms with Gasteiger partial charge in [0.2, 0.25) is 0 Å². The SMILES string of the molecule is CCCn1ccnc(N2CCC(OCCN)CC2)c1=O. The molecule has 0 aromatic carbocycles. The number of aryl methyl sites for hydroxylation is 1. The van der Waals surface area contributed by atoms with Crippen LogP contribution in [0.1, 0.15) is 26.2 Å². The topological polar surface area (TPSA) is 73.4 Å². The fraction of sp³-hybridized carbons (Fsp3) is 0.714. The van der Waals surface area contributed by atoms with Crippen LogP contribution >= 0.6 is 0 Å². The van der Waals surface area contributed by atoms with Crippen LogP contribution in [0.3, 0.4) is 0 Å². The van der Waals surface area contributed by atoms with Gasteiger partial charge in [-0.3, -0.25) is 4.79 Å². The smallest absolute Gasteiger partial charge is 0.293 e. The molecule has 2 rings (SSSR count). The number of nitrogens with two attached hydrogens (primary N) is 1. The summed E-state index contributed by atoms with van der Waals surface area (Å²) in [5, 5.41) is 0. The van der Waals surface area contributed by atoms with Gasteiger partial charge in [0.05, 0.1) is 12.7 Å². The molecule has 2 N–H and O–H groups in total. The van der Waals surface area contributed by atoms with Gasteiger partial charge in [0.1, 0.15) is 0 Å². The zero-order valence-electron chi connectivity index (χ0n) is 12.1. The Kier molecular flexibility index (Phi) is 5.55. The monoisotopic (exact) mass is 280 g/mol. The molecule has 20 heavy (non-hydrogen) atoms. The minimum absolute atomic E-state index is 0.00989. The Bertz CT molecular complexity index is 466. The molecule has 1 aromatic rings. The predicted molar refractivity (Wildman–Crippen MR) is 79.0 cm³/mol. The zero-order valence-corrected chi connectivity index (χ0v) is 12.1. The highest BCUT2D eigenvalue weighted by molar-refractivity contribution is 5.36. The summed E-state index contributed by atoms with van der Waals surface area (Å²) >= 11 is 0. The van der Waals surface area contributed by atoms with E-state index in [1.807, 2.05) is 0 Å². The molecular formula is C14H24N4O2. The van der Waals surface area contributed by atoms with Gasteiger partial charge in [-0.1, -0.05) is 6.92 Å². The number of piperidine rings is 1. The lowest BCUT2D eigenvalue weighted by Crippen LogP contribution is -2.41. The number of rotatable bonds is 6. The lowest BCUT2D eigenvalue weighted by Gasteiger charge is -2.32. The van der Waals surface area contributed by atoms with E-state index in [4.69, 9.17) is 10.5 Å². The highest BCUT2D eigenvalue weighted by Gasteiger charge is 2.22. The number of ether oxygens (including phenoxy) is 1. The number of nitrogens with zero attached hydrogens (tertiary/aromatic N) is 3. The van der Waals surface area contributed by atoms with Crippen LogP contribution < -0.4 is 16.2 Å². The van der Waals surface area contributed by atoms with Crippen molar-refractivity contribution in [3.8, 4) is 0 Å². The first-order valence-electron chi connectivity index (χ1n) is 7.38. The molecule has 0 bridgehead atoms. The summed E-state index contributed by atoms with van der Waals surface area (Å²) < 4.78 is 7.39.